The van der Waals surface area contributed by atoms with Crippen LogP contribution in [-0.2, 0) is 14.7 Å². The molecule has 0 rings (SSSR count). The Hall–Kier alpha value is -0.200. The van der Waals surface area contributed by atoms with Crippen molar-refractivity contribution in [3.8, 4) is 0 Å². The smallest absolute Gasteiger partial charge is 0.344 e. The number of unbranched alkanes of at least 4 members (excludes halogenated alkanes) is 13. The highest BCUT2D eigenvalue weighted by molar-refractivity contribution is 7.81. The zero-order chi connectivity index (χ0) is 15.8. The van der Waals surface area contributed by atoms with Crippen LogP contribution in [-0.4, -0.2) is 15.0 Å². The van der Waals surface area contributed by atoms with Gasteiger partial charge >= 0.3 is 10.5 Å². The van der Waals surface area contributed by atoms with Crippen LogP contribution in [0.5, 0.6) is 0 Å². The van der Waals surface area contributed by atoms with E-state index < -0.39 is 10.5 Å². The molecule has 0 aromatic heterocycles. The summed E-state index contributed by atoms with van der Waals surface area (Å²) in [5.74, 6) is 0. The molecule has 0 atom stereocenters. The molecular weight excluding hydrogens is 305 g/mol. The van der Waals surface area contributed by atoms with Crippen LogP contribution in [0.1, 0.15) is 96.8 Å². The lowest BCUT2D eigenvalue weighted by atomic mass is 10.0. The number of halogens is 1. The molecule has 0 aliphatic carbocycles. The Morgan fingerprint density at radius 2 is 1.00 bits per heavy atom. The van der Waals surface area contributed by atoms with Gasteiger partial charge in [0.15, 0.2) is 0 Å². The molecule has 136 valence electrons. The molecule has 4 nitrogen and oxygen atoms in total. The topological polar surface area (TPSA) is 78.4 Å². The maximum absolute atomic E-state index is 12.0. The van der Waals surface area contributed by atoms with Crippen LogP contribution in [0.25, 0.3) is 0 Å². The minimum Gasteiger partial charge on any atom is -0.344 e. The van der Waals surface area contributed by atoms with Gasteiger partial charge in [-0.2, -0.15) is 8.42 Å². The molecule has 0 aliphatic heterocycles. The van der Waals surface area contributed by atoms with Crippen molar-refractivity contribution >= 4 is 10.5 Å². The average Bonchev–Trinajstić information content (AvgIpc) is 2.42. The SMILES string of the molecule is CCCCCCCCCCCCCCCCOS(=O)(=O)F.N. The van der Waals surface area contributed by atoms with Crippen molar-refractivity contribution in [2.24, 2.45) is 0 Å². The van der Waals surface area contributed by atoms with Crippen molar-refractivity contribution in [1.29, 1.82) is 0 Å². The zero-order valence-corrected chi connectivity index (χ0v) is 15.1. The molecule has 0 radical (unpaired) electrons. The van der Waals surface area contributed by atoms with Gasteiger partial charge in [-0.1, -0.05) is 94.3 Å². The van der Waals surface area contributed by atoms with Crippen LogP contribution >= 0.6 is 0 Å². The van der Waals surface area contributed by atoms with Crippen LogP contribution in [0.3, 0.4) is 0 Å². The van der Waals surface area contributed by atoms with E-state index in [2.05, 4.69) is 11.1 Å². The third-order valence-electron chi connectivity index (χ3n) is 3.72. The van der Waals surface area contributed by atoms with Crippen molar-refractivity contribution in [3.63, 3.8) is 0 Å². The molecule has 6 heteroatoms. The Kier molecular flexibility index (Phi) is 18.8. The maximum atomic E-state index is 12.0. The summed E-state index contributed by atoms with van der Waals surface area (Å²) in [6.07, 6.45) is 17.2. The molecular formula is C16H36FNO3S. The van der Waals surface area contributed by atoms with Gasteiger partial charge in [-0.15, -0.1) is 0 Å². The molecule has 22 heavy (non-hydrogen) atoms. The first-order valence-corrected chi connectivity index (χ1v) is 9.96. The zero-order valence-electron chi connectivity index (χ0n) is 14.3. The van der Waals surface area contributed by atoms with E-state index in [1.165, 1.54) is 70.6 Å². The lowest BCUT2D eigenvalue weighted by Gasteiger charge is -2.03. The maximum Gasteiger partial charge on any atom is 0.437 e. The predicted molar refractivity (Wildman–Crippen MR) is 91.3 cm³/mol. The molecule has 0 unspecified atom stereocenters. The molecule has 0 amide bonds. The van der Waals surface area contributed by atoms with Crippen LogP contribution < -0.4 is 6.15 Å². The lowest BCUT2D eigenvalue weighted by Crippen LogP contribution is -2.00. The largest absolute Gasteiger partial charge is 0.437 e. The van der Waals surface area contributed by atoms with Crippen molar-refractivity contribution in [1.82, 2.24) is 6.15 Å². The predicted octanol–water partition coefficient (Wildman–Crippen LogP) is 5.86. The molecule has 0 saturated carbocycles. The Morgan fingerprint density at radius 1 is 0.682 bits per heavy atom. The summed E-state index contributed by atoms with van der Waals surface area (Å²) in [5.41, 5.74) is 0. The molecule has 0 aromatic rings. The summed E-state index contributed by atoms with van der Waals surface area (Å²) < 4.78 is 36.2. The normalized spacial score (nSPS) is 11.4. The van der Waals surface area contributed by atoms with E-state index >= 15 is 0 Å². The summed E-state index contributed by atoms with van der Waals surface area (Å²) >= 11 is 0. The first kappa shape index (κ1) is 24.1. The molecule has 0 saturated heterocycles. The van der Waals surface area contributed by atoms with Crippen molar-refractivity contribution < 1.29 is 16.5 Å². The van der Waals surface area contributed by atoms with Crippen molar-refractivity contribution in [2.75, 3.05) is 6.61 Å². The van der Waals surface area contributed by atoms with E-state index in [-0.39, 0.29) is 12.8 Å². The molecule has 3 N–H and O–H groups in total. The van der Waals surface area contributed by atoms with E-state index in [1.807, 2.05) is 0 Å². The molecule has 0 spiro atoms. The first-order chi connectivity index (χ1) is 10.1. The summed E-state index contributed by atoms with van der Waals surface area (Å²) in [5, 5.41) is 0. The molecule has 0 bridgehead atoms. The minimum atomic E-state index is -4.74. The summed E-state index contributed by atoms with van der Waals surface area (Å²) in [7, 11) is -4.74. The average molecular weight is 342 g/mol. The lowest BCUT2D eigenvalue weighted by molar-refractivity contribution is 0.284. The van der Waals surface area contributed by atoms with Gasteiger partial charge < -0.3 is 6.15 Å². The Labute approximate surface area is 137 Å². The van der Waals surface area contributed by atoms with Gasteiger partial charge in [0.05, 0.1) is 6.61 Å². The molecule has 0 aliphatic rings. The second-order valence-corrected chi connectivity index (χ2v) is 6.83. The van der Waals surface area contributed by atoms with Crippen LogP contribution in [0.2, 0.25) is 0 Å². The minimum absolute atomic E-state index is 0. The number of hydrogen-bond donors (Lipinski definition) is 1. The third-order valence-corrected chi connectivity index (χ3v) is 4.17. The van der Waals surface area contributed by atoms with Crippen molar-refractivity contribution in [2.45, 2.75) is 96.8 Å². The van der Waals surface area contributed by atoms with Gasteiger partial charge in [0.2, 0.25) is 0 Å². The quantitative estimate of drug-likeness (QED) is 0.282. The number of hydrogen-bond acceptors (Lipinski definition) is 4. The van der Waals surface area contributed by atoms with Gasteiger partial charge in [0, 0.05) is 0 Å². The van der Waals surface area contributed by atoms with E-state index in [9.17, 15) is 12.3 Å². The van der Waals surface area contributed by atoms with Crippen LogP contribution in [0.4, 0.5) is 3.89 Å². The summed E-state index contributed by atoms with van der Waals surface area (Å²) in [6, 6.07) is 0. The molecule has 0 fully saturated rings. The van der Waals surface area contributed by atoms with Crippen LogP contribution in [0, 0.1) is 0 Å². The highest BCUT2D eigenvalue weighted by Crippen LogP contribution is 2.13. The summed E-state index contributed by atoms with van der Waals surface area (Å²) in [6.45, 7) is 2.22. The van der Waals surface area contributed by atoms with Crippen molar-refractivity contribution in [3.05, 3.63) is 0 Å². The second-order valence-electron chi connectivity index (χ2n) is 5.81. The standard InChI is InChI=1S/C16H33FO3S.H3N/c1-2-3-4-5-6-7-8-9-10-11-12-13-14-15-16-20-21(17,18)19;/h2-16H2,1H3;1H3. The highest BCUT2D eigenvalue weighted by Gasteiger charge is 2.05. The van der Waals surface area contributed by atoms with Gasteiger partial charge in [0.1, 0.15) is 0 Å². The fraction of sp³-hybridized carbons (Fsp3) is 1.00. The van der Waals surface area contributed by atoms with E-state index in [0.29, 0.717) is 6.42 Å². The van der Waals surface area contributed by atoms with Gasteiger partial charge in [0.25, 0.3) is 0 Å². The van der Waals surface area contributed by atoms with Gasteiger partial charge in [-0.3, -0.25) is 0 Å². The Bertz CT molecular complexity index is 311. The molecule has 0 aromatic carbocycles. The summed E-state index contributed by atoms with van der Waals surface area (Å²) in [4.78, 5) is 0. The Balaban J connectivity index is 0. The van der Waals surface area contributed by atoms with Crippen LogP contribution in [0.15, 0.2) is 0 Å². The first-order valence-electron chi connectivity index (χ1n) is 8.65. The second kappa shape index (κ2) is 17.2. The Morgan fingerprint density at radius 3 is 1.32 bits per heavy atom. The number of rotatable bonds is 16. The van der Waals surface area contributed by atoms with Gasteiger partial charge in [-0.25, -0.2) is 4.18 Å². The fourth-order valence-electron chi connectivity index (χ4n) is 2.46. The monoisotopic (exact) mass is 341 g/mol. The third kappa shape index (κ3) is 22.1. The highest BCUT2D eigenvalue weighted by atomic mass is 32.3. The molecule has 0 heterocycles. The van der Waals surface area contributed by atoms with Gasteiger partial charge in [-0.05, 0) is 6.42 Å². The van der Waals surface area contributed by atoms with E-state index in [0.717, 1.165) is 12.8 Å². The van der Waals surface area contributed by atoms with E-state index in [4.69, 9.17) is 0 Å². The van der Waals surface area contributed by atoms with E-state index in [1.54, 1.807) is 0 Å². The fourth-order valence-corrected chi connectivity index (χ4v) is 2.77.